The van der Waals surface area contributed by atoms with Crippen molar-refractivity contribution in [3.63, 3.8) is 0 Å². The lowest BCUT2D eigenvalue weighted by molar-refractivity contribution is -0.124. The monoisotopic (exact) mass is 372 g/mol. The second-order valence-electron chi connectivity index (χ2n) is 6.99. The van der Waals surface area contributed by atoms with Crippen LogP contribution >= 0.6 is 11.8 Å². The minimum absolute atomic E-state index is 0.0437. The fraction of sp³-hybridized carbons (Fsp3) is 0.550. The highest BCUT2D eigenvalue weighted by atomic mass is 32.2. The van der Waals surface area contributed by atoms with Crippen molar-refractivity contribution in [2.75, 3.05) is 12.8 Å². The van der Waals surface area contributed by atoms with E-state index in [1.807, 2.05) is 36.1 Å². The third kappa shape index (κ3) is 4.47. The number of amides is 1. The first-order valence-corrected chi connectivity index (χ1v) is 10.7. The SMILES string of the molecule is CSc1nnc(CCNC(=O)[C@@H](c2ccccc2)C2CCCCC2)n1C. The molecular weight excluding hydrogens is 344 g/mol. The molecule has 1 aromatic carbocycles. The fourth-order valence-electron chi connectivity index (χ4n) is 3.91. The van der Waals surface area contributed by atoms with Crippen molar-refractivity contribution in [2.45, 2.75) is 49.6 Å². The molecule has 1 aliphatic carbocycles. The minimum atomic E-state index is -0.0437. The Labute approximate surface area is 160 Å². The Morgan fingerprint density at radius 1 is 1.23 bits per heavy atom. The molecule has 140 valence electrons. The molecule has 0 bridgehead atoms. The molecule has 1 amide bonds. The summed E-state index contributed by atoms with van der Waals surface area (Å²) in [7, 11) is 1.97. The summed E-state index contributed by atoms with van der Waals surface area (Å²) < 4.78 is 1.99. The Kier molecular flexibility index (Phi) is 6.72. The predicted octanol–water partition coefficient (Wildman–Crippen LogP) is 3.56. The number of nitrogens with one attached hydrogen (secondary N) is 1. The van der Waals surface area contributed by atoms with Crippen molar-refractivity contribution in [2.24, 2.45) is 13.0 Å². The van der Waals surface area contributed by atoms with Gasteiger partial charge in [-0.25, -0.2) is 0 Å². The Bertz CT molecular complexity index is 710. The average molecular weight is 373 g/mol. The molecule has 1 heterocycles. The number of carbonyl (C=O) groups excluding carboxylic acids is 1. The average Bonchev–Trinajstić information content (AvgIpc) is 3.03. The van der Waals surface area contributed by atoms with Crippen LogP contribution in [-0.2, 0) is 18.3 Å². The Morgan fingerprint density at radius 3 is 2.62 bits per heavy atom. The first-order chi connectivity index (χ1) is 12.7. The van der Waals surface area contributed by atoms with Crippen LogP contribution in [0.3, 0.4) is 0 Å². The van der Waals surface area contributed by atoms with E-state index in [0.29, 0.717) is 18.9 Å². The highest BCUT2D eigenvalue weighted by Gasteiger charge is 2.30. The molecule has 1 aromatic heterocycles. The number of rotatable bonds is 7. The summed E-state index contributed by atoms with van der Waals surface area (Å²) in [5.74, 6) is 1.46. The Balaban J connectivity index is 1.64. The highest BCUT2D eigenvalue weighted by molar-refractivity contribution is 7.98. The van der Waals surface area contributed by atoms with Crippen LogP contribution in [0.15, 0.2) is 35.5 Å². The maximum Gasteiger partial charge on any atom is 0.227 e. The molecule has 0 radical (unpaired) electrons. The third-order valence-electron chi connectivity index (χ3n) is 5.32. The molecule has 1 fully saturated rings. The standard InChI is InChI=1S/C20H28N4OS/c1-24-17(22-23-20(24)26-2)13-14-21-19(25)18(15-9-5-3-6-10-15)16-11-7-4-8-12-16/h3,5-6,9-10,16,18H,4,7-8,11-14H2,1-2H3,(H,21,25)/t18-/m0/s1. The molecule has 2 aromatic rings. The van der Waals surface area contributed by atoms with E-state index >= 15 is 0 Å². The van der Waals surface area contributed by atoms with E-state index < -0.39 is 0 Å². The number of benzene rings is 1. The van der Waals surface area contributed by atoms with Gasteiger partial charge in [-0.1, -0.05) is 61.4 Å². The quantitative estimate of drug-likeness (QED) is 0.755. The van der Waals surface area contributed by atoms with Crippen molar-refractivity contribution >= 4 is 17.7 Å². The van der Waals surface area contributed by atoms with Gasteiger partial charge in [0.15, 0.2) is 5.16 Å². The van der Waals surface area contributed by atoms with Crippen LogP contribution in [0.4, 0.5) is 0 Å². The number of thioether (sulfide) groups is 1. The molecule has 3 rings (SSSR count). The van der Waals surface area contributed by atoms with Crippen LogP contribution in [0.1, 0.15) is 49.4 Å². The number of nitrogens with zero attached hydrogens (tertiary/aromatic N) is 3. The smallest absolute Gasteiger partial charge is 0.227 e. The lowest BCUT2D eigenvalue weighted by Crippen LogP contribution is -2.35. The molecular formula is C20H28N4OS. The van der Waals surface area contributed by atoms with E-state index in [9.17, 15) is 4.79 Å². The molecule has 5 nitrogen and oxygen atoms in total. The van der Waals surface area contributed by atoms with Crippen LogP contribution in [0.25, 0.3) is 0 Å². The van der Waals surface area contributed by atoms with E-state index in [0.717, 1.165) is 29.4 Å². The van der Waals surface area contributed by atoms with Gasteiger partial charge in [0.05, 0.1) is 5.92 Å². The summed E-state index contributed by atoms with van der Waals surface area (Å²) in [6.07, 6.45) is 8.74. The predicted molar refractivity (Wildman–Crippen MR) is 105 cm³/mol. The van der Waals surface area contributed by atoms with E-state index in [1.165, 1.54) is 19.3 Å². The summed E-state index contributed by atoms with van der Waals surface area (Å²) in [6.45, 7) is 0.593. The van der Waals surface area contributed by atoms with Gasteiger partial charge in [-0.3, -0.25) is 4.79 Å². The van der Waals surface area contributed by atoms with E-state index in [-0.39, 0.29) is 11.8 Å². The Morgan fingerprint density at radius 2 is 1.96 bits per heavy atom. The first-order valence-electron chi connectivity index (χ1n) is 9.45. The van der Waals surface area contributed by atoms with Gasteiger partial charge in [-0.2, -0.15) is 0 Å². The highest BCUT2D eigenvalue weighted by Crippen LogP contribution is 2.36. The van der Waals surface area contributed by atoms with Gasteiger partial charge in [0.2, 0.25) is 5.91 Å². The molecule has 0 unspecified atom stereocenters. The molecule has 0 aliphatic heterocycles. The summed E-state index contributed by atoms with van der Waals surface area (Å²) in [5.41, 5.74) is 1.14. The van der Waals surface area contributed by atoms with E-state index in [2.05, 4.69) is 27.6 Å². The van der Waals surface area contributed by atoms with Crippen molar-refractivity contribution in [1.82, 2.24) is 20.1 Å². The van der Waals surface area contributed by atoms with Gasteiger partial charge in [-0.05, 0) is 30.6 Å². The summed E-state index contributed by atoms with van der Waals surface area (Å²) in [6, 6.07) is 10.2. The van der Waals surface area contributed by atoms with E-state index in [1.54, 1.807) is 11.8 Å². The van der Waals surface area contributed by atoms with Crippen molar-refractivity contribution in [3.8, 4) is 0 Å². The van der Waals surface area contributed by atoms with Crippen LogP contribution in [0, 0.1) is 5.92 Å². The van der Waals surface area contributed by atoms with Crippen molar-refractivity contribution < 1.29 is 4.79 Å². The van der Waals surface area contributed by atoms with Gasteiger partial charge in [-0.15, -0.1) is 10.2 Å². The van der Waals surface area contributed by atoms with Gasteiger partial charge in [0.25, 0.3) is 0 Å². The number of hydrogen-bond acceptors (Lipinski definition) is 4. The largest absolute Gasteiger partial charge is 0.355 e. The fourth-order valence-corrected chi connectivity index (χ4v) is 4.42. The molecule has 0 spiro atoms. The molecule has 1 N–H and O–H groups in total. The third-order valence-corrected chi connectivity index (χ3v) is 6.04. The van der Waals surface area contributed by atoms with Crippen LogP contribution < -0.4 is 5.32 Å². The second-order valence-corrected chi connectivity index (χ2v) is 7.76. The summed E-state index contributed by atoms with van der Waals surface area (Å²) in [5, 5.41) is 12.4. The Hall–Kier alpha value is -1.82. The minimum Gasteiger partial charge on any atom is -0.355 e. The molecule has 1 saturated carbocycles. The zero-order valence-corrected chi connectivity index (χ0v) is 16.5. The van der Waals surface area contributed by atoms with Crippen LogP contribution in [0.5, 0.6) is 0 Å². The normalized spacial score (nSPS) is 16.4. The summed E-state index contributed by atoms with van der Waals surface area (Å²) in [4.78, 5) is 13.0. The van der Waals surface area contributed by atoms with Crippen molar-refractivity contribution in [3.05, 3.63) is 41.7 Å². The zero-order chi connectivity index (χ0) is 18.4. The second kappa shape index (κ2) is 9.21. The molecule has 1 aliphatic rings. The van der Waals surface area contributed by atoms with Gasteiger partial charge in [0, 0.05) is 20.0 Å². The van der Waals surface area contributed by atoms with Crippen LogP contribution in [-0.4, -0.2) is 33.5 Å². The molecule has 1 atom stereocenters. The maximum absolute atomic E-state index is 13.0. The maximum atomic E-state index is 13.0. The molecule has 26 heavy (non-hydrogen) atoms. The topological polar surface area (TPSA) is 59.8 Å². The van der Waals surface area contributed by atoms with Crippen molar-refractivity contribution in [1.29, 1.82) is 0 Å². The van der Waals surface area contributed by atoms with Crippen LogP contribution in [0.2, 0.25) is 0 Å². The molecule has 6 heteroatoms. The summed E-state index contributed by atoms with van der Waals surface area (Å²) >= 11 is 1.58. The number of carbonyl (C=O) groups is 1. The van der Waals surface area contributed by atoms with E-state index in [4.69, 9.17) is 0 Å². The van der Waals surface area contributed by atoms with Gasteiger partial charge >= 0.3 is 0 Å². The zero-order valence-electron chi connectivity index (χ0n) is 15.6. The first kappa shape index (κ1) is 19.0. The molecule has 0 saturated heterocycles. The van der Waals surface area contributed by atoms with Gasteiger partial charge < -0.3 is 9.88 Å². The van der Waals surface area contributed by atoms with Gasteiger partial charge in [0.1, 0.15) is 5.82 Å². The number of aromatic nitrogens is 3. The number of hydrogen-bond donors (Lipinski definition) is 1. The lowest BCUT2D eigenvalue weighted by Gasteiger charge is -2.29. The lowest BCUT2D eigenvalue weighted by atomic mass is 9.76.